The fourth-order valence-electron chi connectivity index (χ4n) is 5.32. The highest BCUT2D eigenvalue weighted by molar-refractivity contribution is 8.02. The van der Waals surface area contributed by atoms with E-state index in [1.807, 2.05) is 47.9 Å². The lowest BCUT2D eigenvalue weighted by Crippen LogP contribution is -2.35. The Labute approximate surface area is 337 Å². The van der Waals surface area contributed by atoms with Crippen LogP contribution in [0.3, 0.4) is 0 Å². The highest BCUT2D eigenvalue weighted by Gasteiger charge is 2.30. The summed E-state index contributed by atoms with van der Waals surface area (Å²) in [6, 6.07) is 14.7. The fourth-order valence-corrected chi connectivity index (χ4v) is 9.63. The van der Waals surface area contributed by atoms with E-state index in [2.05, 4.69) is 40.3 Å². The van der Waals surface area contributed by atoms with Crippen LogP contribution in [-0.2, 0) is 64.5 Å². The van der Waals surface area contributed by atoms with Crippen molar-refractivity contribution >= 4 is 70.5 Å². The molecule has 20 heteroatoms. The minimum atomic E-state index is -3.15. The van der Waals surface area contributed by atoms with Gasteiger partial charge in [-0.3, -0.25) is 13.6 Å². The highest BCUT2D eigenvalue weighted by Crippen LogP contribution is 2.49. The van der Waals surface area contributed by atoms with Crippen molar-refractivity contribution in [1.82, 2.24) is 25.2 Å². The van der Waals surface area contributed by atoms with Gasteiger partial charge in [0.15, 0.2) is 11.5 Å². The minimum Gasteiger partial charge on any atom is -0.377 e. The van der Waals surface area contributed by atoms with E-state index in [9.17, 15) is 4.57 Å². The van der Waals surface area contributed by atoms with Crippen molar-refractivity contribution in [2.45, 2.75) is 44.1 Å². The van der Waals surface area contributed by atoms with Gasteiger partial charge in [0.1, 0.15) is 6.10 Å². The summed E-state index contributed by atoms with van der Waals surface area (Å²) in [5.74, 6) is 2.09. The molecule has 0 spiro atoms. The molecule has 2 aromatic carbocycles. The van der Waals surface area contributed by atoms with Crippen LogP contribution in [0.25, 0.3) is 0 Å². The number of hydrogen-bond acceptors (Lipinski definition) is 13. The number of hydrazone groups is 1. The van der Waals surface area contributed by atoms with Crippen LogP contribution in [0.4, 0.5) is 0 Å². The van der Waals surface area contributed by atoms with Gasteiger partial charge in [0.2, 0.25) is 35.4 Å². The third kappa shape index (κ3) is 15.1. The number of rotatable bonds is 22. The number of hydrazine groups is 2. The van der Waals surface area contributed by atoms with Crippen LogP contribution in [0.1, 0.15) is 36.8 Å². The zero-order valence-corrected chi connectivity index (χ0v) is 37.5. The highest BCUT2D eigenvalue weighted by atomic mass is 32.4. The van der Waals surface area contributed by atoms with Gasteiger partial charge in [-0.05, 0) is 94.6 Å². The van der Waals surface area contributed by atoms with Gasteiger partial charge in [0, 0.05) is 41.5 Å². The van der Waals surface area contributed by atoms with Crippen molar-refractivity contribution in [2.24, 2.45) is 16.9 Å². The molecule has 13 nitrogen and oxygen atoms in total. The largest absolute Gasteiger partial charge is 0.540 e. The monoisotopic (exact) mass is 875 g/mol. The Balaban J connectivity index is 1.13. The SMILES string of the molecule is COC1C=CC(CNN(C)[P+](=S)OC2C=CC(CNN(C)[P+](=S)Oc3ccc(/C=N\N(C)[P+](=S)Oc4ccc(CP(=O)(OC)OC)cc4)cc3)CC2)CC1. The van der Waals surface area contributed by atoms with Gasteiger partial charge in [0.05, 0.1) is 32.6 Å². The molecule has 7 atom stereocenters. The van der Waals surface area contributed by atoms with Crippen molar-refractivity contribution in [3.63, 3.8) is 0 Å². The minimum absolute atomic E-state index is 0.0140. The molecule has 4 rings (SSSR count). The molecule has 0 saturated carbocycles. The first-order chi connectivity index (χ1) is 25.9. The van der Waals surface area contributed by atoms with Crippen LogP contribution >= 0.6 is 28.8 Å². The number of hydrogen-bond donors (Lipinski definition) is 2. The van der Waals surface area contributed by atoms with Gasteiger partial charge >= 0.3 is 28.8 Å². The molecular weight excluding hydrogens is 825 g/mol. The van der Waals surface area contributed by atoms with Crippen LogP contribution in [0.15, 0.2) is 77.9 Å². The Hall–Kier alpha value is -1.54. The lowest BCUT2D eigenvalue weighted by atomic mass is 9.94. The van der Waals surface area contributed by atoms with Crippen LogP contribution in [0.5, 0.6) is 11.5 Å². The van der Waals surface area contributed by atoms with Gasteiger partial charge in [-0.25, -0.2) is 10.9 Å². The van der Waals surface area contributed by atoms with Crippen molar-refractivity contribution in [1.29, 1.82) is 0 Å². The molecule has 0 aliphatic heterocycles. The molecule has 2 aliphatic rings. The molecule has 7 unspecified atom stereocenters. The summed E-state index contributed by atoms with van der Waals surface area (Å²) in [7, 11) is 3.02. The van der Waals surface area contributed by atoms with E-state index in [1.54, 1.807) is 49.4 Å². The third-order valence-corrected chi connectivity index (χ3v) is 16.5. The normalized spacial score (nSPS) is 21.1. The fraction of sp³-hybridized carbons (Fsp3) is 0.500. The van der Waals surface area contributed by atoms with Crippen molar-refractivity contribution in [3.8, 4) is 11.5 Å². The maximum Gasteiger partial charge on any atom is 0.540 e. The molecule has 294 valence electrons. The molecular formula is C34H51N6O7P4S3+3. The van der Waals surface area contributed by atoms with Crippen LogP contribution in [0.2, 0.25) is 0 Å². The Bertz CT molecular complexity index is 1680. The molecule has 0 amide bonds. The molecule has 2 N–H and O–H groups in total. The van der Waals surface area contributed by atoms with Gasteiger partial charge in [0.25, 0.3) is 0 Å². The quantitative estimate of drug-likeness (QED) is 0.0516. The van der Waals surface area contributed by atoms with Gasteiger partial charge in [-0.1, -0.05) is 41.2 Å². The van der Waals surface area contributed by atoms with Crippen molar-refractivity contribution in [2.75, 3.05) is 55.6 Å². The number of benzene rings is 2. The predicted molar refractivity (Wildman–Crippen MR) is 229 cm³/mol. The van der Waals surface area contributed by atoms with E-state index in [4.69, 9.17) is 62.8 Å². The molecule has 0 radical (unpaired) electrons. The first-order valence-corrected chi connectivity index (χ1v) is 25.8. The van der Waals surface area contributed by atoms with E-state index < -0.39 is 28.8 Å². The first kappa shape index (κ1) is 45.2. The smallest absolute Gasteiger partial charge is 0.377 e. The molecule has 0 heterocycles. The average Bonchev–Trinajstić information content (AvgIpc) is 3.19. The van der Waals surface area contributed by atoms with E-state index in [-0.39, 0.29) is 18.4 Å². The Morgan fingerprint density at radius 2 is 1.26 bits per heavy atom. The summed E-state index contributed by atoms with van der Waals surface area (Å²) in [5, 5.41) is 4.45. The topological polar surface area (TPSA) is 119 Å². The lowest BCUT2D eigenvalue weighted by Gasteiger charge is -2.23. The molecule has 0 saturated heterocycles. The number of nitrogens with zero attached hydrogens (tertiary/aromatic N) is 4. The van der Waals surface area contributed by atoms with E-state index in [0.29, 0.717) is 23.3 Å². The van der Waals surface area contributed by atoms with Crippen molar-refractivity contribution < 1.29 is 31.9 Å². The second kappa shape index (κ2) is 23.0. The molecule has 2 aliphatic carbocycles. The van der Waals surface area contributed by atoms with Gasteiger partial charge in [-0.2, -0.15) is 0 Å². The van der Waals surface area contributed by atoms with Crippen LogP contribution in [-0.4, -0.2) is 88.3 Å². The summed E-state index contributed by atoms with van der Waals surface area (Å²) in [5.41, 5.74) is 8.51. The molecule has 0 bridgehead atoms. The zero-order chi connectivity index (χ0) is 39.1. The van der Waals surface area contributed by atoms with E-state index >= 15 is 0 Å². The number of methoxy groups -OCH3 is 1. The lowest BCUT2D eigenvalue weighted by molar-refractivity contribution is 0.121. The van der Waals surface area contributed by atoms with E-state index in [1.165, 1.54) is 14.2 Å². The molecule has 0 fully saturated rings. The Morgan fingerprint density at radius 1 is 0.741 bits per heavy atom. The first-order valence-electron chi connectivity index (χ1n) is 17.4. The standard InChI is InChI=1S/C34H51N6O7P4S3/c1-38(35-23-27-7-15-31(42-4)16-8-27)48(52)45-32-17-9-28(10-18-32)24-36-39(2)49(53)46-33-19-11-29(12-20-33)25-37-40(3)50(54)47-34-21-13-30(14-22-34)26-51(41,43-5)44-6/h7,9,11-15,17,19-22,25,27-28,31-32,35-36H,8,10,16,18,23-24,26H2,1-6H3/q+3/b37-25-. The average molecular weight is 876 g/mol. The Morgan fingerprint density at radius 3 is 1.78 bits per heavy atom. The second-order valence-electron chi connectivity index (χ2n) is 12.6. The maximum atomic E-state index is 12.4. The molecule has 2 aromatic rings. The summed E-state index contributed by atoms with van der Waals surface area (Å²) in [6.07, 6.45) is 14.9. The van der Waals surface area contributed by atoms with E-state index in [0.717, 1.165) is 49.9 Å². The molecule has 0 aromatic heterocycles. The number of nitrogens with one attached hydrogen (secondary N) is 2. The predicted octanol–water partition coefficient (Wildman–Crippen LogP) is 7.92. The number of ether oxygens (including phenoxy) is 1. The zero-order valence-electron chi connectivity index (χ0n) is 31.4. The third-order valence-electron chi connectivity index (χ3n) is 8.74. The van der Waals surface area contributed by atoms with Crippen LogP contribution in [0, 0.1) is 11.8 Å². The molecule has 54 heavy (non-hydrogen) atoms. The van der Waals surface area contributed by atoms with Crippen molar-refractivity contribution in [3.05, 3.63) is 84.0 Å². The summed E-state index contributed by atoms with van der Waals surface area (Å²) in [4.78, 5) is 0. The maximum absolute atomic E-state index is 12.4. The Kier molecular flexibility index (Phi) is 19.2. The van der Waals surface area contributed by atoms with Crippen LogP contribution < -0.4 is 19.9 Å². The summed E-state index contributed by atoms with van der Waals surface area (Å²) in [6.45, 7) is 1.58. The second-order valence-corrected chi connectivity index (χ2v) is 21.5. The van der Waals surface area contributed by atoms with Gasteiger partial charge < -0.3 is 13.8 Å². The summed E-state index contributed by atoms with van der Waals surface area (Å²) >= 11 is 16.9. The summed E-state index contributed by atoms with van der Waals surface area (Å²) < 4.78 is 51.4. The van der Waals surface area contributed by atoms with Gasteiger partial charge in [-0.15, -0.1) is 9.63 Å².